The third-order valence-electron chi connectivity index (χ3n) is 1.46. The highest BCUT2D eigenvalue weighted by molar-refractivity contribution is 6.30. The lowest BCUT2D eigenvalue weighted by atomic mass is 10.0. The number of nitrogens with one attached hydrogen (secondary N) is 1. The molecule has 4 heteroatoms. The minimum Gasteiger partial charge on any atom is -0.351 e. The summed E-state index contributed by atoms with van der Waals surface area (Å²) in [6, 6.07) is 5.40. The smallest absolute Gasteiger partial charge is 0.269 e. The predicted octanol–water partition coefficient (Wildman–Crippen LogP) is -0.910. The molecule has 0 saturated heterocycles. The number of hydrogen-bond acceptors (Lipinski definition) is 2. The Morgan fingerprint density at radius 1 is 1.67 bits per heavy atom. The second kappa shape index (κ2) is 3.90. The van der Waals surface area contributed by atoms with E-state index in [-0.39, 0.29) is 5.91 Å². The molecule has 0 fully saturated rings. The lowest BCUT2D eigenvalue weighted by molar-refractivity contribution is 0.0951. The summed E-state index contributed by atoms with van der Waals surface area (Å²) in [5.41, 5.74) is 1.34. The molecule has 1 rings (SSSR count). The lowest BCUT2D eigenvalue weighted by Gasteiger charge is -2.01. The van der Waals surface area contributed by atoms with Crippen LogP contribution < -0.4 is 10.9 Å². The van der Waals surface area contributed by atoms with E-state index in [1.807, 2.05) is 26.9 Å². The Labute approximate surface area is 72.6 Å². The van der Waals surface area contributed by atoms with Gasteiger partial charge in [-0.05, 0) is 18.6 Å². The molecule has 1 amide bonds. The van der Waals surface area contributed by atoms with E-state index < -0.39 is 0 Å². The zero-order valence-electron chi connectivity index (χ0n) is 7.29. The molecule has 0 atom stereocenters. The van der Waals surface area contributed by atoms with E-state index in [4.69, 9.17) is 0 Å². The van der Waals surface area contributed by atoms with Crippen LogP contribution in [-0.2, 0) is 0 Å². The number of nitrogens with zero attached hydrogens (tertiary/aromatic N) is 1. The van der Waals surface area contributed by atoms with Gasteiger partial charge in [-0.1, -0.05) is 12.1 Å². The van der Waals surface area contributed by atoms with Crippen molar-refractivity contribution in [1.82, 2.24) is 10.3 Å². The quantitative estimate of drug-likeness (QED) is 0.572. The molecule has 0 unspecified atom stereocenters. The maximum absolute atomic E-state index is 11.2. The van der Waals surface area contributed by atoms with Gasteiger partial charge in [-0.3, -0.25) is 9.78 Å². The van der Waals surface area contributed by atoms with Crippen LogP contribution in [0.5, 0.6) is 0 Å². The summed E-state index contributed by atoms with van der Waals surface area (Å²) in [6.45, 7) is 2.52. The molecule has 0 radical (unpaired) electrons. The van der Waals surface area contributed by atoms with E-state index in [0.29, 0.717) is 12.2 Å². The van der Waals surface area contributed by atoms with Crippen molar-refractivity contribution < 1.29 is 4.79 Å². The third-order valence-corrected chi connectivity index (χ3v) is 1.46. The maximum atomic E-state index is 11.2. The highest BCUT2D eigenvalue weighted by Gasteiger charge is 2.03. The van der Waals surface area contributed by atoms with E-state index in [9.17, 15) is 4.79 Å². The molecule has 0 saturated carbocycles. The summed E-state index contributed by atoms with van der Waals surface area (Å²) in [6.07, 6.45) is 0. The Morgan fingerprint density at radius 3 is 3.00 bits per heavy atom. The summed E-state index contributed by atoms with van der Waals surface area (Å²) < 4.78 is 0. The van der Waals surface area contributed by atoms with E-state index in [1.54, 1.807) is 6.07 Å². The standard InChI is InChI=1S/C8H11BN2O/c1-2-10-8(12)6-4-3-5-7(9)11-6/h3-5H,2,9H2,1H3,(H,10,12). The molecule has 0 aliphatic heterocycles. The van der Waals surface area contributed by atoms with Crippen molar-refractivity contribution >= 4 is 19.3 Å². The number of hydrogen-bond donors (Lipinski definition) is 1. The van der Waals surface area contributed by atoms with Crippen molar-refractivity contribution in [1.29, 1.82) is 0 Å². The molecule has 0 bridgehead atoms. The van der Waals surface area contributed by atoms with Crippen molar-refractivity contribution in [3.8, 4) is 0 Å². The summed E-state index contributed by atoms with van der Waals surface area (Å²) in [5.74, 6) is -0.110. The van der Waals surface area contributed by atoms with E-state index in [0.717, 1.165) is 5.59 Å². The van der Waals surface area contributed by atoms with Crippen LogP contribution in [-0.4, -0.2) is 25.3 Å². The molecule has 1 heterocycles. The van der Waals surface area contributed by atoms with Crippen LogP contribution in [0.2, 0.25) is 0 Å². The lowest BCUT2D eigenvalue weighted by Crippen LogP contribution is -2.25. The predicted molar refractivity (Wildman–Crippen MR) is 50.4 cm³/mol. The molecule has 12 heavy (non-hydrogen) atoms. The summed E-state index contributed by atoms with van der Waals surface area (Å²) in [4.78, 5) is 15.3. The average molecular weight is 162 g/mol. The Balaban J connectivity index is 2.81. The zero-order chi connectivity index (χ0) is 8.97. The molecule has 3 nitrogen and oxygen atoms in total. The van der Waals surface area contributed by atoms with Gasteiger partial charge in [0.05, 0.1) is 0 Å². The van der Waals surface area contributed by atoms with Gasteiger partial charge in [0.15, 0.2) is 7.85 Å². The van der Waals surface area contributed by atoms with Crippen LogP contribution in [0.25, 0.3) is 0 Å². The van der Waals surface area contributed by atoms with E-state index >= 15 is 0 Å². The second-order valence-corrected chi connectivity index (χ2v) is 2.52. The SMILES string of the molecule is Bc1cccc(C(=O)NCC)n1. The first-order valence-corrected chi connectivity index (χ1v) is 3.96. The molecule has 1 aromatic rings. The molecule has 1 aromatic heterocycles. The van der Waals surface area contributed by atoms with Crippen molar-refractivity contribution in [2.45, 2.75) is 6.92 Å². The Hall–Kier alpha value is -1.32. The number of aromatic nitrogens is 1. The van der Waals surface area contributed by atoms with Gasteiger partial charge in [0, 0.05) is 6.54 Å². The first-order chi connectivity index (χ1) is 5.74. The Kier molecular flexibility index (Phi) is 2.85. The van der Waals surface area contributed by atoms with Gasteiger partial charge < -0.3 is 5.32 Å². The molecule has 0 aromatic carbocycles. The van der Waals surface area contributed by atoms with Crippen molar-refractivity contribution in [3.63, 3.8) is 0 Å². The average Bonchev–Trinajstić information content (AvgIpc) is 2.05. The topological polar surface area (TPSA) is 42.0 Å². The van der Waals surface area contributed by atoms with Gasteiger partial charge in [0.2, 0.25) is 0 Å². The highest BCUT2D eigenvalue weighted by Crippen LogP contribution is 1.89. The fourth-order valence-corrected chi connectivity index (χ4v) is 0.921. The number of amides is 1. The Bertz CT molecular complexity index is 288. The fourth-order valence-electron chi connectivity index (χ4n) is 0.921. The van der Waals surface area contributed by atoms with E-state index in [2.05, 4.69) is 10.3 Å². The van der Waals surface area contributed by atoms with Gasteiger partial charge in [0.1, 0.15) is 5.69 Å². The van der Waals surface area contributed by atoms with Crippen LogP contribution in [0.1, 0.15) is 17.4 Å². The van der Waals surface area contributed by atoms with E-state index in [1.165, 1.54) is 0 Å². The van der Waals surface area contributed by atoms with Gasteiger partial charge in [0.25, 0.3) is 5.91 Å². The van der Waals surface area contributed by atoms with Crippen molar-refractivity contribution in [2.75, 3.05) is 6.54 Å². The monoisotopic (exact) mass is 162 g/mol. The summed E-state index contributed by atoms with van der Waals surface area (Å²) in [5, 5.41) is 2.69. The number of carbonyl (C=O) groups is 1. The molecule has 1 N–H and O–H groups in total. The summed E-state index contributed by atoms with van der Waals surface area (Å²) in [7, 11) is 1.86. The van der Waals surface area contributed by atoms with Crippen LogP contribution in [0.3, 0.4) is 0 Å². The first kappa shape index (κ1) is 8.78. The van der Waals surface area contributed by atoms with Crippen molar-refractivity contribution in [3.05, 3.63) is 23.9 Å². The maximum Gasteiger partial charge on any atom is 0.269 e. The van der Waals surface area contributed by atoms with Crippen LogP contribution >= 0.6 is 0 Å². The minimum absolute atomic E-state index is 0.110. The molecule has 0 aliphatic rings. The van der Waals surface area contributed by atoms with Gasteiger partial charge in [-0.2, -0.15) is 0 Å². The van der Waals surface area contributed by atoms with Crippen LogP contribution in [0.15, 0.2) is 18.2 Å². The Morgan fingerprint density at radius 2 is 2.42 bits per heavy atom. The minimum atomic E-state index is -0.110. The summed E-state index contributed by atoms with van der Waals surface area (Å²) >= 11 is 0. The molecule has 0 aliphatic carbocycles. The van der Waals surface area contributed by atoms with Gasteiger partial charge in [-0.15, -0.1) is 0 Å². The van der Waals surface area contributed by atoms with Gasteiger partial charge >= 0.3 is 0 Å². The van der Waals surface area contributed by atoms with Gasteiger partial charge in [-0.25, -0.2) is 0 Å². The zero-order valence-corrected chi connectivity index (χ0v) is 7.29. The highest BCUT2D eigenvalue weighted by atomic mass is 16.1. The van der Waals surface area contributed by atoms with Crippen molar-refractivity contribution in [2.24, 2.45) is 0 Å². The molecule has 62 valence electrons. The largest absolute Gasteiger partial charge is 0.351 e. The fraction of sp³-hybridized carbons (Fsp3) is 0.250. The number of carbonyl (C=O) groups excluding carboxylic acids is 1. The second-order valence-electron chi connectivity index (χ2n) is 2.52. The number of rotatable bonds is 2. The number of pyridine rings is 1. The van der Waals surface area contributed by atoms with Crippen LogP contribution in [0.4, 0.5) is 0 Å². The normalized spacial score (nSPS) is 9.42. The first-order valence-electron chi connectivity index (χ1n) is 3.96. The van der Waals surface area contributed by atoms with Crippen LogP contribution in [0, 0.1) is 0 Å². The molecule has 0 spiro atoms. The third kappa shape index (κ3) is 2.08. The molecular weight excluding hydrogens is 151 g/mol. The molecular formula is C8H11BN2O.